The van der Waals surface area contributed by atoms with Crippen molar-refractivity contribution in [1.82, 2.24) is 15.2 Å². The number of para-hydroxylation sites is 1. The number of nitrogens with zero attached hydrogens (tertiary/aromatic N) is 1. The van der Waals surface area contributed by atoms with Crippen LogP contribution in [0.5, 0.6) is 0 Å². The molecule has 0 radical (unpaired) electrons. The van der Waals surface area contributed by atoms with E-state index in [0.29, 0.717) is 41.2 Å². The van der Waals surface area contributed by atoms with Gasteiger partial charge in [-0.2, -0.15) is 0 Å². The molecule has 1 atom stereocenters. The van der Waals surface area contributed by atoms with Crippen LogP contribution in [0.2, 0.25) is 5.02 Å². The first-order valence-corrected chi connectivity index (χ1v) is 12.6. The first-order valence-electron chi connectivity index (χ1n) is 12.2. The summed E-state index contributed by atoms with van der Waals surface area (Å²) in [6, 6.07) is 13.5. The maximum absolute atomic E-state index is 13.0. The Morgan fingerprint density at radius 3 is 2.55 bits per heavy atom. The van der Waals surface area contributed by atoms with E-state index in [1.165, 1.54) is 18.2 Å². The molecule has 200 valence electrons. The van der Waals surface area contributed by atoms with Gasteiger partial charge in [0.2, 0.25) is 5.56 Å². The molecule has 1 aliphatic rings. The van der Waals surface area contributed by atoms with Crippen LogP contribution in [0.25, 0.3) is 10.9 Å². The lowest BCUT2D eigenvalue weighted by molar-refractivity contribution is -0.160. The fraction of sp³-hybridized carbons (Fsp3) is 0.333. The predicted molar refractivity (Wildman–Crippen MR) is 140 cm³/mol. The molecule has 0 saturated carbocycles. The van der Waals surface area contributed by atoms with Crippen molar-refractivity contribution in [3.8, 4) is 0 Å². The van der Waals surface area contributed by atoms with Crippen LogP contribution in [-0.2, 0) is 30.2 Å². The van der Waals surface area contributed by atoms with Crippen LogP contribution in [0, 0.1) is 0 Å². The number of aromatic nitrogens is 1. The molecule has 2 N–H and O–H groups in total. The van der Waals surface area contributed by atoms with E-state index < -0.39 is 30.5 Å². The van der Waals surface area contributed by atoms with Crippen LogP contribution in [0.15, 0.2) is 59.4 Å². The summed E-state index contributed by atoms with van der Waals surface area (Å²) < 4.78 is 15.7. The normalized spacial score (nSPS) is 14.6. The molecule has 38 heavy (non-hydrogen) atoms. The fourth-order valence-electron chi connectivity index (χ4n) is 4.09. The van der Waals surface area contributed by atoms with E-state index in [9.17, 15) is 19.2 Å². The van der Waals surface area contributed by atoms with E-state index in [0.717, 1.165) is 13.1 Å². The van der Waals surface area contributed by atoms with E-state index in [2.05, 4.69) is 15.2 Å². The lowest BCUT2D eigenvalue weighted by Crippen LogP contribution is -2.44. The molecule has 2 aromatic carbocycles. The highest BCUT2D eigenvalue weighted by molar-refractivity contribution is 6.30. The zero-order valence-electron chi connectivity index (χ0n) is 20.6. The number of pyridine rings is 1. The minimum atomic E-state index is -1.18. The Balaban J connectivity index is 1.43. The third-order valence-electron chi connectivity index (χ3n) is 6.06. The minimum absolute atomic E-state index is 0.0331. The molecular formula is C27H28ClN3O7. The van der Waals surface area contributed by atoms with Crippen LogP contribution >= 0.6 is 11.6 Å². The highest BCUT2D eigenvalue weighted by Crippen LogP contribution is 2.17. The Morgan fingerprint density at radius 1 is 1.05 bits per heavy atom. The monoisotopic (exact) mass is 541 g/mol. The number of aromatic amines is 1. The van der Waals surface area contributed by atoms with Gasteiger partial charge in [-0.25, -0.2) is 9.59 Å². The number of carbonyl (C=O) groups is 3. The largest absolute Gasteiger partial charge is 0.462 e. The van der Waals surface area contributed by atoms with Gasteiger partial charge in [0.1, 0.15) is 12.6 Å². The maximum Gasteiger partial charge on any atom is 0.344 e. The zero-order valence-corrected chi connectivity index (χ0v) is 21.4. The Labute approximate surface area is 223 Å². The number of fused-ring (bicyclic) bond motifs is 1. The molecule has 4 rings (SSSR count). The summed E-state index contributed by atoms with van der Waals surface area (Å²) in [5, 5.41) is 3.83. The fourth-order valence-corrected chi connectivity index (χ4v) is 4.21. The minimum Gasteiger partial charge on any atom is -0.462 e. The molecule has 3 aromatic rings. The third-order valence-corrected chi connectivity index (χ3v) is 6.32. The molecule has 2 heterocycles. The zero-order chi connectivity index (χ0) is 26.9. The van der Waals surface area contributed by atoms with E-state index in [-0.39, 0.29) is 24.2 Å². The number of hydrogen-bond acceptors (Lipinski definition) is 8. The molecular weight excluding hydrogens is 514 g/mol. The third kappa shape index (κ3) is 7.64. The first kappa shape index (κ1) is 27.3. The van der Waals surface area contributed by atoms with Gasteiger partial charge in [0.05, 0.1) is 13.2 Å². The van der Waals surface area contributed by atoms with Crippen LogP contribution < -0.4 is 10.9 Å². The van der Waals surface area contributed by atoms with Crippen molar-refractivity contribution < 1.29 is 28.6 Å². The Kier molecular flexibility index (Phi) is 9.47. The molecule has 1 aromatic heterocycles. The molecule has 1 unspecified atom stereocenters. The first-order chi connectivity index (χ1) is 18.4. The standard InChI is InChI=1S/C27H28ClN3O7/c28-20-7-5-18(6-8-20)26(34)30-23(15-19-16-24(32)29-22-4-2-1-3-21(19)22)27(35)38-17-25(33)37-14-11-31-9-12-36-13-10-31/h1-8,16,23H,9-15,17H2,(H,29,32)(H,30,34). The summed E-state index contributed by atoms with van der Waals surface area (Å²) in [4.78, 5) is 55.2. The average Bonchev–Trinajstić information content (AvgIpc) is 2.92. The number of nitrogens with one attached hydrogen (secondary N) is 2. The summed E-state index contributed by atoms with van der Waals surface area (Å²) >= 11 is 5.91. The smallest absolute Gasteiger partial charge is 0.344 e. The molecule has 1 aliphatic heterocycles. The number of hydrogen-bond donors (Lipinski definition) is 2. The summed E-state index contributed by atoms with van der Waals surface area (Å²) in [6.45, 7) is 2.90. The average molecular weight is 542 g/mol. The predicted octanol–water partition coefficient (Wildman–Crippen LogP) is 1.94. The van der Waals surface area contributed by atoms with Crippen LogP contribution in [0.4, 0.5) is 0 Å². The van der Waals surface area contributed by atoms with Gasteiger partial charge in [0.25, 0.3) is 5.91 Å². The Morgan fingerprint density at radius 2 is 1.79 bits per heavy atom. The van der Waals surface area contributed by atoms with Crippen LogP contribution in [0.3, 0.4) is 0 Å². The molecule has 1 saturated heterocycles. The lowest BCUT2D eigenvalue weighted by atomic mass is 10.0. The molecule has 1 fully saturated rings. The number of halogens is 1. The second-order valence-corrected chi connectivity index (χ2v) is 9.16. The highest BCUT2D eigenvalue weighted by Gasteiger charge is 2.26. The quantitative estimate of drug-likeness (QED) is 0.373. The summed E-state index contributed by atoms with van der Waals surface area (Å²) in [5.41, 5.74) is 1.06. The maximum atomic E-state index is 13.0. The van der Waals surface area contributed by atoms with Crippen molar-refractivity contribution in [3.05, 3.63) is 81.1 Å². The SMILES string of the molecule is O=C(COC(=O)C(Cc1cc(=O)[nH]c2ccccc12)NC(=O)c1ccc(Cl)cc1)OCCN1CCOCC1. The molecule has 1 amide bonds. The van der Waals surface area contributed by atoms with Gasteiger partial charge in [-0.15, -0.1) is 0 Å². The summed E-state index contributed by atoms with van der Waals surface area (Å²) in [7, 11) is 0. The van der Waals surface area contributed by atoms with Gasteiger partial charge >= 0.3 is 11.9 Å². The van der Waals surface area contributed by atoms with Gasteiger partial charge in [-0.05, 0) is 35.9 Å². The molecule has 0 bridgehead atoms. The summed E-state index contributed by atoms with van der Waals surface area (Å²) in [6.07, 6.45) is -0.0331. The van der Waals surface area contributed by atoms with E-state index in [1.54, 1.807) is 36.4 Å². The van der Waals surface area contributed by atoms with Crippen molar-refractivity contribution in [2.75, 3.05) is 46.1 Å². The van der Waals surface area contributed by atoms with Gasteiger partial charge in [0, 0.05) is 53.6 Å². The number of rotatable bonds is 10. The number of carbonyl (C=O) groups excluding carboxylic acids is 3. The van der Waals surface area contributed by atoms with E-state index >= 15 is 0 Å². The Hall–Kier alpha value is -3.73. The van der Waals surface area contributed by atoms with E-state index in [1.807, 2.05) is 0 Å². The van der Waals surface area contributed by atoms with E-state index in [4.69, 9.17) is 25.8 Å². The number of amides is 1. The van der Waals surface area contributed by atoms with Crippen molar-refractivity contribution in [1.29, 1.82) is 0 Å². The number of esters is 2. The highest BCUT2D eigenvalue weighted by atomic mass is 35.5. The van der Waals surface area contributed by atoms with Gasteiger partial charge < -0.3 is 24.5 Å². The second-order valence-electron chi connectivity index (χ2n) is 8.72. The molecule has 0 spiro atoms. The number of benzene rings is 2. The van der Waals surface area contributed by atoms with Gasteiger partial charge in [0.15, 0.2) is 6.61 Å². The van der Waals surface area contributed by atoms with Crippen molar-refractivity contribution in [2.45, 2.75) is 12.5 Å². The number of H-pyrrole nitrogens is 1. The van der Waals surface area contributed by atoms with Crippen molar-refractivity contribution in [2.24, 2.45) is 0 Å². The molecule has 10 nitrogen and oxygen atoms in total. The number of ether oxygens (including phenoxy) is 3. The molecule has 0 aliphatic carbocycles. The van der Waals surface area contributed by atoms with Crippen molar-refractivity contribution in [3.63, 3.8) is 0 Å². The summed E-state index contributed by atoms with van der Waals surface area (Å²) in [5.74, 6) is -2.07. The molecule has 11 heteroatoms. The van der Waals surface area contributed by atoms with Gasteiger partial charge in [-0.3, -0.25) is 14.5 Å². The lowest BCUT2D eigenvalue weighted by Gasteiger charge is -2.26. The number of morpholine rings is 1. The van der Waals surface area contributed by atoms with Crippen LogP contribution in [0.1, 0.15) is 15.9 Å². The second kappa shape index (κ2) is 13.2. The van der Waals surface area contributed by atoms with Gasteiger partial charge in [-0.1, -0.05) is 29.8 Å². The topological polar surface area (TPSA) is 127 Å². The Bertz CT molecular complexity index is 1340. The van der Waals surface area contributed by atoms with Crippen molar-refractivity contribution >= 4 is 40.3 Å². The van der Waals surface area contributed by atoms with Crippen LogP contribution in [-0.4, -0.2) is 79.8 Å².